The summed E-state index contributed by atoms with van der Waals surface area (Å²) >= 11 is 0. The number of rotatable bonds is 7. The van der Waals surface area contributed by atoms with E-state index in [0.29, 0.717) is 12.1 Å². The van der Waals surface area contributed by atoms with E-state index >= 15 is 0 Å². The van der Waals surface area contributed by atoms with Crippen LogP contribution in [0.15, 0.2) is 30.3 Å². The molecule has 0 heterocycles. The van der Waals surface area contributed by atoms with Crippen molar-refractivity contribution in [2.24, 2.45) is 0 Å². The van der Waals surface area contributed by atoms with E-state index in [4.69, 9.17) is 4.74 Å². The van der Waals surface area contributed by atoms with Gasteiger partial charge >= 0.3 is 11.7 Å². The zero-order valence-corrected chi connectivity index (χ0v) is 15.2. The quantitative estimate of drug-likeness (QED) is 0.425. The van der Waals surface area contributed by atoms with Gasteiger partial charge in [-0.25, -0.2) is 18.0 Å². The summed E-state index contributed by atoms with van der Waals surface area (Å²) in [6, 6.07) is 3.04. The number of amides is 1. The number of hydrogen-bond donors (Lipinski definition) is 1. The van der Waals surface area contributed by atoms with Crippen LogP contribution in [0.1, 0.15) is 15.9 Å². The summed E-state index contributed by atoms with van der Waals surface area (Å²) in [5.41, 5.74) is -1.22. The van der Waals surface area contributed by atoms with Gasteiger partial charge in [-0.2, -0.15) is 0 Å². The molecule has 154 valence electrons. The maximum Gasteiger partial charge on any atom is 0.328 e. The van der Waals surface area contributed by atoms with Gasteiger partial charge in [0.2, 0.25) is 0 Å². The Balaban J connectivity index is 2.32. The van der Waals surface area contributed by atoms with Crippen molar-refractivity contribution < 1.29 is 37.2 Å². The van der Waals surface area contributed by atoms with Crippen LogP contribution in [0, 0.1) is 27.6 Å². The number of carbonyl (C=O) groups is 2. The van der Waals surface area contributed by atoms with E-state index in [0.717, 1.165) is 13.2 Å². The first-order valence-electron chi connectivity index (χ1n) is 8.02. The van der Waals surface area contributed by atoms with Gasteiger partial charge in [-0.3, -0.25) is 14.9 Å². The van der Waals surface area contributed by atoms with Crippen molar-refractivity contribution in [3.63, 3.8) is 0 Å². The van der Waals surface area contributed by atoms with E-state index in [9.17, 15) is 32.9 Å². The SMILES string of the molecule is COC(=O)[C@H](Cc1ccc(OC)c([N+](=O)[O-])c1)NC(=O)c1c(F)cc(F)cc1F. The summed E-state index contributed by atoms with van der Waals surface area (Å²) in [5, 5.41) is 13.2. The van der Waals surface area contributed by atoms with E-state index in [2.05, 4.69) is 10.1 Å². The first-order chi connectivity index (χ1) is 13.7. The number of halogens is 3. The first kappa shape index (κ1) is 21.7. The summed E-state index contributed by atoms with van der Waals surface area (Å²) in [7, 11) is 2.27. The van der Waals surface area contributed by atoms with Gasteiger partial charge in [-0.1, -0.05) is 6.07 Å². The smallest absolute Gasteiger partial charge is 0.328 e. The van der Waals surface area contributed by atoms with Crippen LogP contribution in [-0.2, 0) is 16.0 Å². The Bertz CT molecular complexity index is 944. The average molecular weight is 412 g/mol. The number of ether oxygens (including phenoxy) is 2. The third-order valence-electron chi connectivity index (χ3n) is 3.90. The topological polar surface area (TPSA) is 108 Å². The number of nitro groups is 1. The summed E-state index contributed by atoms with van der Waals surface area (Å²) in [5.74, 6) is -6.43. The van der Waals surface area contributed by atoms with Crippen LogP contribution in [-0.4, -0.2) is 37.1 Å². The molecular formula is C18H15F3N2O6. The zero-order chi connectivity index (χ0) is 21.7. The fraction of sp³-hybridized carbons (Fsp3) is 0.222. The van der Waals surface area contributed by atoms with Crippen molar-refractivity contribution in [1.29, 1.82) is 0 Å². The summed E-state index contributed by atoms with van der Waals surface area (Å²) in [6.07, 6.45) is -0.284. The maximum atomic E-state index is 13.8. The number of esters is 1. The van der Waals surface area contributed by atoms with Crippen molar-refractivity contribution >= 4 is 17.6 Å². The number of benzene rings is 2. The third kappa shape index (κ3) is 5.00. The second kappa shape index (κ2) is 9.04. The third-order valence-corrected chi connectivity index (χ3v) is 3.90. The average Bonchev–Trinajstić information content (AvgIpc) is 2.65. The Morgan fingerprint density at radius 1 is 1.14 bits per heavy atom. The zero-order valence-electron chi connectivity index (χ0n) is 15.2. The fourth-order valence-corrected chi connectivity index (χ4v) is 2.57. The van der Waals surface area contributed by atoms with E-state index in [1.807, 2.05) is 0 Å². The molecule has 1 N–H and O–H groups in total. The Morgan fingerprint density at radius 3 is 2.28 bits per heavy atom. The second-order valence-electron chi connectivity index (χ2n) is 5.76. The van der Waals surface area contributed by atoms with Gasteiger partial charge in [0.25, 0.3) is 5.91 Å². The molecule has 0 unspecified atom stereocenters. The largest absolute Gasteiger partial charge is 0.490 e. The summed E-state index contributed by atoms with van der Waals surface area (Å²) in [4.78, 5) is 34.7. The number of nitrogens with zero attached hydrogens (tertiary/aromatic N) is 1. The molecular weight excluding hydrogens is 397 g/mol. The Hall–Kier alpha value is -3.63. The minimum absolute atomic E-state index is 0.0205. The summed E-state index contributed by atoms with van der Waals surface area (Å²) < 4.78 is 50.1. The molecule has 0 bridgehead atoms. The highest BCUT2D eigenvalue weighted by molar-refractivity contribution is 5.97. The number of hydrogen-bond acceptors (Lipinski definition) is 6. The van der Waals surface area contributed by atoms with Crippen LogP contribution in [0.4, 0.5) is 18.9 Å². The molecule has 2 rings (SSSR count). The van der Waals surface area contributed by atoms with Crippen LogP contribution >= 0.6 is 0 Å². The molecule has 8 nitrogen and oxygen atoms in total. The molecule has 2 aromatic rings. The van der Waals surface area contributed by atoms with Gasteiger partial charge in [0.15, 0.2) is 5.75 Å². The molecule has 0 saturated carbocycles. The van der Waals surface area contributed by atoms with Gasteiger partial charge < -0.3 is 14.8 Å². The minimum atomic E-state index is -1.45. The van der Waals surface area contributed by atoms with Crippen molar-refractivity contribution in [2.75, 3.05) is 14.2 Å². The monoisotopic (exact) mass is 412 g/mol. The molecule has 0 fully saturated rings. The molecule has 1 amide bonds. The maximum absolute atomic E-state index is 13.8. The van der Waals surface area contributed by atoms with Crippen LogP contribution in [0.25, 0.3) is 0 Å². The van der Waals surface area contributed by atoms with Crippen molar-refractivity contribution in [3.8, 4) is 5.75 Å². The van der Waals surface area contributed by atoms with Gasteiger partial charge in [-0.15, -0.1) is 0 Å². The Morgan fingerprint density at radius 2 is 1.76 bits per heavy atom. The molecule has 0 aliphatic carbocycles. The van der Waals surface area contributed by atoms with Crippen LogP contribution in [0.2, 0.25) is 0 Å². The molecule has 1 atom stereocenters. The Kier molecular flexibility index (Phi) is 6.75. The first-order valence-corrected chi connectivity index (χ1v) is 8.02. The molecule has 0 spiro atoms. The van der Waals surface area contributed by atoms with E-state index in [1.54, 1.807) is 0 Å². The number of nitro benzene ring substituents is 1. The predicted molar refractivity (Wildman–Crippen MR) is 92.9 cm³/mol. The number of nitrogens with one attached hydrogen (secondary N) is 1. The Labute approximate surface area is 162 Å². The molecule has 0 aromatic heterocycles. The second-order valence-corrected chi connectivity index (χ2v) is 5.76. The number of methoxy groups -OCH3 is 2. The van der Waals surface area contributed by atoms with Crippen molar-refractivity contribution in [3.05, 3.63) is 69.0 Å². The van der Waals surface area contributed by atoms with Gasteiger partial charge in [0.05, 0.1) is 19.1 Å². The minimum Gasteiger partial charge on any atom is -0.490 e. The lowest BCUT2D eigenvalue weighted by Gasteiger charge is -2.17. The molecule has 29 heavy (non-hydrogen) atoms. The molecule has 2 aromatic carbocycles. The highest BCUT2D eigenvalue weighted by Crippen LogP contribution is 2.28. The van der Waals surface area contributed by atoms with E-state index in [1.165, 1.54) is 19.2 Å². The van der Waals surface area contributed by atoms with Crippen molar-refractivity contribution in [2.45, 2.75) is 12.5 Å². The fourth-order valence-electron chi connectivity index (χ4n) is 2.57. The van der Waals surface area contributed by atoms with Crippen molar-refractivity contribution in [1.82, 2.24) is 5.32 Å². The van der Waals surface area contributed by atoms with Crippen LogP contribution < -0.4 is 10.1 Å². The van der Waals surface area contributed by atoms with E-state index in [-0.39, 0.29) is 23.4 Å². The number of carbonyl (C=O) groups excluding carboxylic acids is 2. The van der Waals surface area contributed by atoms with E-state index < -0.39 is 45.9 Å². The molecule has 0 aliphatic rings. The lowest BCUT2D eigenvalue weighted by Crippen LogP contribution is -2.43. The predicted octanol–water partition coefficient (Wildman–Crippen LogP) is 2.53. The molecule has 0 saturated heterocycles. The molecule has 11 heteroatoms. The van der Waals surface area contributed by atoms with Gasteiger partial charge in [0.1, 0.15) is 29.1 Å². The normalized spacial score (nSPS) is 11.5. The molecule has 0 radical (unpaired) electrons. The van der Waals surface area contributed by atoms with Crippen LogP contribution in [0.3, 0.4) is 0 Å². The highest BCUT2D eigenvalue weighted by Gasteiger charge is 2.27. The van der Waals surface area contributed by atoms with Crippen LogP contribution in [0.5, 0.6) is 5.75 Å². The van der Waals surface area contributed by atoms with Gasteiger partial charge in [0, 0.05) is 24.6 Å². The van der Waals surface area contributed by atoms with Gasteiger partial charge in [-0.05, 0) is 11.6 Å². The highest BCUT2D eigenvalue weighted by atomic mass is 19.1. The standard InChI is InChI=1S/C18H15F3N2O6/c1-28-15-4-3-9(6-14(15)23(26)27)5-13(18(25)29-2)22-17(24)16-11(20)7-10(19)8-12(16)21/h3-4,6-8,13H,5H2,1-2H3,(H,22,24)/t13-/m0/s1. The lowest BCUT2D eigenvalue weighted by atomic mass is 10.0. The molecule has 0 aliphatic heterocycles. The summed E-state index contributed by atoms with van der Waals surface area (Å²) in [6.45, 7) is 0. The lowest BCUT2D eigenvalue weighted by molar-refractivity contribution is -0.385.